The first-order valence-electron chi connectivity index (χ1n) is 16.4. The predicted molar refractivity (Wildman–Crippen MR) is 185 cm³/mol. The molecule has 5 heterocycles. The Balaban J connectivity index is 1.04. The summed E-state index contributed by atoms with van der Waals surface area (Å²) in [6.45, 7) is 7.48. The summed E-state index contributed by atoms with van der Waals surface area (Å²) in [6.07, 6.45) is -0.266. The number of hydrogen-bond donors (Lipinski definition) is 2. The van der Waals surface area contributed by atoms with Crippen molar-refractivity contribution in [3.63, 3.8) is 0 Å². The van der Waals surface area contributed by atoms with Gasteiger partial charge >= 0.3 is 6.18 Å². The van der Waals surface area contributed by atoms with Crippen LogP contribution in [0.5, 0.6) is 0 Å². The van der Waals surface area contributed by atoms with Crippen LogP contribution in [0.15, 0.2) is 61.6 Å². The molecule has 1 aliphatic heterocycles. The van der Waals surface area contributed by atoms with Gasteiger partial charge in [-0.05, 0) is 66.8 Å². The summed E-state index contributed by atoms with van der Waals surface area (Å²) in [5.74, 6) is -2.69. The van der Waals surface area contributed by atoms with Crippen LogP contribution in [0.2, 0.25) is 0 Å². The second kappa shape index (κ2) is 13.0. The number of amides is 1. The molecule has 51 heavy (non-hydrogen) atoms. The quantitative estimate of drug-likeness (QED) is 0.114. The Morgan fingerprint density at radius 3 is 2.55 bits per heavy atom. The highest BCUT2D eigenvalue weighted by molar-refractivity contribution is 7.18. The summed E-state index contributed by atoms with van der Waals surface area (Å²) >= 11 is 1.03. The lowest BCUT2D eigenvalue weighted by Crippen LogP contribution is -2.39. The Kier molecular flexibility index (Phi) is 8.79. The van der Waals surface area contributed by atoms with Gasteiger partial charge in [0.05, 0.1) is 17.2 Å². The van der Waals surface area contributed by atoms with Crippen LogP contribution in [0.25, 0.3) is 21.1 Å². The van der Waals surface area contributed by atoms with E-state index < -0.39 is 29.8 Å². The van der Waals surface area contributed by atoms with Gasteiger partial charge in [-0.1, -0.05) is 18.7 Å². The fraction of sp³-hybridized carbons (Fsp3) is 0.361. The van der Waals surface area contributed by atoms with Gasteiger partial charge in [0.25, 0.3) is 5.92 Å². The highest BCUT2D eigenvalue weighted by atomic mass is 32.1. The summed E-state index contributed by atoms with van der Waals surface area (Å²) in [7, 11) is 0. The molecular formula is C36H33F5N8OS. The number of piperidine rings is 1. The van der Waals surface area contributed by atoms with E-state index in [9.17, 15) is 23.2 Å². The molecule has 1 unspecified atom stereocenters. The number of carbonyl (C=O) groups is 1. The van der Waals surface area contributed by atoms with E-state index >= 15 is 8.78 Å². The van der Waals surface area contributed by atoms with Crippen molar-refractivity contribution in [2.75, 3.05) is 23.7 Å². The molecule has 2 aliphatic rings. The van der Waals surface area contributed by atoms with Crippen LogP contribution in [-0.4, -0.2) is 61.6 Å². The number of alkyl halides is 5. The second-order valence-corrected chi connectivity index (χ2v) is 14.4. The first-order valence-corrected chi connectivity index (χ1v) is 17.2. The maximum atomic E-state index is 15.1. The van der Waals surface area contributed by atoms with Gasteiger partial charge in [0, 0.05) is 60.6 Å². The lowest BCUT2D eigenvalue weighted by Gasteiger charge is -2.33. The van der Waals surface area contributed by atoms with Crippen LogP contribution in [0.3, 0.4) is 0 Å². The number of carbonyl (C=O) groups excluding carboxylic acids is 1. The Bertz CT molecular complexity index is 2180. The van der Waals surface area contributed by atoms with Crippen LogP contribution in [0.4, 0.5) is 33.6 Å². The van der Waals surface area contributed by atoms with Crippen molar-refractivity contribution in [3.8, 4) is 6.07 Å². The van der Waals surface area contributed by atoms with Crippen molar-refractivity contribution in [2.45, 2.75) is 69.3 Å². The van der Waals surface area contributed by atoms with E-state index in [0.29, 0.717) is 33.7 Å². The van der Waals surface area contributed by atoms with Gasteiger partial charge in [0.15, 0.2) is 0 Å². The Morgan fingerprint density at radius 1 is 1.14 bits per heavy atom. The number of rotatable bonds is 10. The zero-order valence-electron chi connectivity index (χ0n) is 27.5. The summed E-state index contributed by atoms with van der Waals surface area (Å²) in [5.41, 5.74) is 1.80. The number of nitrogens with one attached hydrogen (secondary N) is 2. The number of hydrogen-bond acceptors (Lipinski definition) is 8. The molecule has 15 heteroatoms. The largest absolute Gasteiger partial charge is 0.393 e. The van der Waals surface area contributed by atoms with Gasteiger partial charge < -0.3 is 15.2 Å². The first kappa shape index (κ1) is 34.5. The molecule has 0 radical (unpaired) electrons. The average molecular weight is 721 g/mol. The van der Waals surface area contributed by atoms with Gasteiger partial charge in [-0.2, -0.15) is 18.4 Å². The van der Waals surface area contributed by atoms with Gasteiger partial charge in [-0.15, -0.1) is 11.3 Å². The molecule has 1 aliphatic carbocycles. The molecule has 1 aromatic carbocycles. The first-order chi connectivity index (χ1) is 24.3. The third-order valence-electron chi connectivity index (χ3n) is 9.94. The average Bonchev–Trinajstić information content (AvgIpc) is 3.34. The van der Waals surface area contributed by atoms with Gasteiger partial charge in [-0.25, -0.2) is 23.7 Å². The van der Waals surface area contributed by atoms with Crippen molar-refractivity contribution >= 4 is 50.0 Å². The van der Waals surface area contributed by atoms with Crippen LogP contribution >= 0.6 is 11.3 Å². The predicted octanol–water partition coefficient (Wildman–Crippen LogP) is 7.50. The number of anilines is 2. The maximum absolute atomic E-state index is 15.1. The van der Waals surface area contributed by atoms with Gasteiger partial charge in [-0.3, -0.25) is 9.69 Å². The number of nitriles is 1. The molecule has 264 valence electrons. The number of halogens is 5. The minimum atomic E-state index is -4.29. The number of pyridine rings is 1. The number of fused-ring (bicyclic) bond motifs is 2. The van der Waals surface area contributed by atoms with Crippen molar-refractivity contribution in [2.24, 2.45) is 0 Å². The molecule has 7 rings (SSSR count). The minimum Gasteiger partial charge on any atom is -0.367 e. The minimum absolute atomic E-state index is 0.0892. The van der Waals surface area contributed by atoms with E-state index in [1.165, 1.54) is 30.7 Å². The topological polar surface area (TPSA) is 112 Å². The number of nitrogens with zero attached hydrogens (tertiary/aromatic N) is 6. The third kappa shape index (κ3) is 6.77. The van der Waals surface area contributed by atoms with E-state index in [4.69, 9.17) is 0 Å². The summed E-state index contributed by atoms with van der Waals surface area (Å²) in [4.78, 5) is 27.3. The molecule has 1 amide bonds. The molecule has 2 N–H and O–H groups in total. The molecular weight excluding hydrogens is 688 g/mol. The molecule has 4 aromatic heterocycles. The van der Waals surface area contributed by atoms with E-state index in [1.54, 1.807) is 10.6 Å². The zero-order chi connectivity index (χ0) is 36.1. The lowest BCUT2D eigenvalue weighted by molar-refractivity contribution is -0.126. The molecule has 9 nitrogen and oxygen atoms in total. The van der Waals surface area contributed by atoms with Crippen LogP contribution in [0, 0.1) is 18.3 Å². The molecule has 1 atom stereocenters. The Morgan fingerprint density at radius 2 is 1.90 bits per heavy atom. The highest BCUT2D eigenvalue weighted by Crippen LogP contribution is 2.62. The van der Waals surface area contributed by atoms with Gasteiger partial charge in [0.2, 0.25) is 5.91 Å². The summed E-state index contributed by atoms with van der Waals surface area (Å²) in [6, 6.07) is 12.5. The molecule has 5 aromatic rings. The summed E-state index contributed by atoms with van der Waals surface area (Å²) < 4.78 is 70.9. The normalized spacial score (nSPS) is 19.2. The van der Waals surface area contributed by atoms with Crippen molar-refractivity contribution in [1.29, 1.82) is 5.26 Å². The molecule has 0 bridgehead atoms. The van der Waals surface area contributed by atoms with E-state index in [1.807, 2.05) is 19.1 Å². The van der Waals surface area contributed by atoms with Crippen LogP contribution in [0.1, 0.15) is 46.5 Å². The fourth-order valence-electron chi connectivity index (χ4n) is 7.04. The van der Waals surface area contributed by atoms with E-state index in [-0.39, 0.29) is 35.4 Å². The second-order valence-electron chi connectivity index (χ2n) is 13.2. The Labute approximate surface area is 293 Å². The van der Waals surface area contributed by atoms with Crippen molar-refractivity contribution < 1.29 is 26.7 Å². The highest BCUT2D eigenvalue weighted by Gasteiger charge is 2.72. The Hall–Kier alpha value is -4.94. The van der Waals surface area contributed by atoms with E-state index in [2.05, 4.69) is 43.1 Å². The van der Waals surface area contributed by atoms with Crippen molar-refractivity contribution in [1.82, 2.24) is 24.4 Å². The van der Waals surface area contributed by atoms with E-state index in [0.717, 1.165) is 59.9 Å². The zero-order valence-corrected chi connectivity index (χ0v) is 28.3. The van der Waals surface area contributed by atoms with Crippen molar-refractivity contribution in [3.05, 3.63) is 88.8 Å². The van der Waals surface area contributed by atoms with Crippen LogP contribution < -0.4 is 10.6 Å². The number of benzene rings is 1. The number of aryl methyl sites for hydroxylation is 1. The third-order valence-corrected chi connectivity index (χ3v) is 11.0. The fourth-order valence-corrected chi connectivity index (χ4v) is 8.07. The molecule has 0 spiro atoms. The standard InChI is InChI=1S/C36H33F5N8OS/c1-3-31(50)47-30-7-5-23(16-43-30)34(18-35(34,37)38)19-49-25(15-42)12-27-21(2)22(4-6-29(27)49)17-48-10-8-24(9-11-48)46-32-28-13-26(14-36(39,40)41)51-33(28)45-20-44-32/h3-7,12-13,16,20,24H,1,8-11,14,17-19H2,2H3,(H,43,47,50)(H,44,45,46). The number of thiophene rings is 1. The lowest BCUT2D eigenvalue weighted by atomic mass is 9.96. The summed E-state index contributed by atoms with van der Waals surface area (Å²) in [5, 5.41) is 17.4. The SMILES string of the molecule is C=CC(=O)Nc1ccc(C2(Cn3c(C#N)cc4c(C)c(CN5CCC(Nc6ncnc7sc(CC(F)(F)F)cc67)CC5)ccc43)CC2(F)F)cn1. The molecule has 1 saturated heterocycles. The van der Waals surface area contributed by atoms with Crippen LogP contribution in [-0.2, 0) is 29.7 Å². The molecule has 2 fully saturated rings. The monoisotopic (exact) mass is 720 g/mol. The van der Waals surface area contributed by atoms with Gasteiger partial charge in [0.1, 0.15) is 34.6 Å². The number of aromatic nitrogens is 4. The molecule has 1 saturated carbocycles. The maximum Gasteiger partial charge on any atom is 0.393 e. The number of likely N-dealkylation sites (tertiary alicyclic amines) is 1. The smallest absolute Gasteiger partial charge is 0.367 e.